The molecule has 1 aromatic carbocycles. The van der Waals surface area contributed by atoms with Crippen LogP contribution in [-0.2, 0) is 16.4 Å². The van der Waals surface area contributed by atoms with Crippen LogP contribution in [0.15, 0.2) is 53.7 Å². The first-order valence-electron chi connectivity index (χ1n) is 5.69. The van der Waals surface area contributed by atoms with Crippen molar-refractivity contribution in [3.05, 3.63) is 54.4 Å². The number of hydrogen-bond donors (Lipinski definition) is 1. The molecule has 0 atom stereocenters. The minimum Gasteiger partial charge on any atom is -0.280 e. The summed E-state index contributed by atoms with van der Waals surface area (Å²) in [6.07, 6.45) is 3.78. The predicted molar refractivity (Wildman–Crippen MR) is 75.9 cm³/mol. The fraction of sp³-hybridized carbons (Fsp3) is 0.154. The van der Waals surface area contributed by atoms with Gasteiger partial charge in [-0.3, -0.25) is 9.71 Å². The molecular formula is C13H13ClN2O2S. The second-order valence-electron chi connectivity index (χ2n) is 3.92. The van der Waals surface area contributed by atoms with Gasteiger partial charge in [-0.05, 0) is 36.2 Å². The van der Waals surface area contributed by atoms with Crippen molar-refractivity contribution in [1.82, 2.24) is 4.98 Å². The van der Waals surface area contributed by atoms with E-state index in [9.17, 15) is 8.42 Å². The number of pyridine rings is 1. The summed E-state index contributed by atoms with van der Waals surface area (Å²) in [6.45, 7) is 0. The van der Waals surface area contributed by atoms with Crippen LogP contribution in [0.1, 0.15) is 5.56 Å². The number of halogens is 1. The molecule has 0 spiro atoms. The zero-order valence-corrected chi connectivity index (χ0v) is 11.7. The minimum absolute atomic E-state index is 0.225. The van der Waals surface area contributed by atoms with Crippen LogP contribution in [0.2, 0.25) is 0 Å². The predicted octanol–water partition coefficient (Wildman–Crippen LogP) is 2.66. The molecule has 0 unspecified atom stereocenters. The molecule has 4 nitrogen and oxygen atoms in total. The van der Waals surface area contributed by atoms with Crippen LogP contribution in [-0.4, -0.2) is 19.3 Å². The lowest BCUT2D eigenvalue weighted by Crippen LogP contribution is -2.12. The van der Waals surface area contributed by atoms with Crippen molar-refractivity contribution in [2.45, 2.75) is 11.3 Å². The monoisotopic (exact) mass is 296 g/mol. The fourth-order valence-electron chi connectivity index (χ4n) is 1.58. The fourth-order valence-corrected chi connectivity index (χ4v) is 2.86. The maximum absolute atomic E-state index is 12.1. The maximum Gasteiger partial charge on any atom is 0.261 e. The Hall–Kier alpha value is -1.59. The number of nitrogens with zero attached hydrogens (tertiary/aromatic N) is 1. The van der Waals surface area contributed by atoms with Gasteiger partial charge in [0.2, 0.25) is 0 Å². The quantitative estimate of drug-likeness (QED) is 0.863. The summed E-state index contributed by atoms with van der Waals surface area (Å²) in [5, 5.41) is 0. The first-order valence-corrected chi connectivity index (χ1v) is 7.71. The molecule has 0 bridgehead atoms. The van der Waals surface area contributed by atoms with Crippen molar-refractivity contribution in [2.75, 3.05) is 10.6 Å². The van der Waals surface area contributed by atoms with Gasteiger partial charge < -0.3 is 0 Å². The van der Waals surface area contributed by atoms with Crippen molar-refractivity contribution >= 4 is 27.3 Å². The largest absolute Gasteiger partial charge is 0.280 e. The number of rotatable bonds is 5. The van der Waals surface area contributed by atoms with Gasteiger partial charge in [-0.15, -0.1) is 11.6 Å². The van der Waals surface area contributed by atoms with Crippen molar-refractivity contribution in [3.8, 4) is 0 Å². The van der Waals surface area contributed by atoms with E-state index in [1.807, 2.05) is 0 Å². The molecule has 0 aliphatic rings. The number of nitrogens with one attached hydrogen (secondary N) is 1. The van der Waals surface area contributed by atoms with E-state index in [0.717, 1.165) is 12.0 Å². The van der Waals surface area contributed by atoms with Crippen molar-refractivity contribution in [3.63, 3.8) is 0 Å². The Bertz CT molecular complexity index is 627. The van der Waals surface area contributed by atoms with Crippen LogP contribution < -0.4 is 4.72 Å². The van der Waals surface area contributed by atoms with E-state index in [1.165, 1.54) is 12.4 Å². The van der Waals surface area contributed by atoms with Crippen LogP contribution in [0, 0.1) is 0 Å². The van der Waals surface area contributed by atoms with Crippen LogP contribution in [0.25, 0.3) is 0 Å². The number of aromatic nitrogens is 1. The molecule has 1 heterocycles. The molecule has 2 aromatic rings. The zero-order valence-electron chi connectivity index (χ0n) is 10.1. The van der Waals surface area contributed by atoms with Crippen molar-refractivity contribution in [1.29, 1.82) is 0 Å². The van der Waals surface area contributed by atoms with Gasteiger partial charge in [0, 0.05) is 18.3 Å². The summed E-state index contributed by atoms with van der Waals surface area (Å²) in [4.78, 5) is 4.06. The summed E-state index contributed by atoms with van der Waals surface area (Å²) in [7, 11) is -3.56. The highest BCUT2D eigenvalue weighted by molar-refractivity contribution is 7.92. The molecule has 1 aromatic heterocycles. The van der Waals surface area contributed by atoms with Crippen molar-refractivity contribution < 1.29 is 8.42 Å². The lowest BCUT2D eigenvalue weighted by atomic mass is 10.2. The molecule has 0 saturated carbocycles. The second-order valence-corrected chi connectivity index (χ2v) is 5.98. The van der Waals surface area contributed by atoms with E-state index in [4.69, 9.17) is 11.6 Å². The van der Waals surface area contributed by atoms with E-state index >= 15 is 0 Å². The molecule has 6 heteroatoms. The summed E-state index contributed by atoms with van der Waals surface area (Å²) in [6, 6.07) is 9.88. The average molecular weight is 297 g/mol. The van der Waals surface area contributed by atoms with E-state index < -0.39 is 10.0 Å². The Morgan fingerprint density at radius 3 is 2.26 bits per heavy atom. The van der Waals surface area contributed by atoms with E-state index in [-0.39, 0.29) is 4.90 Å². The van der Waals surface area contributed by atoms with Crippen molar-refractivity contribution in [2.24, 2.45) is 0 Å². The highest BCUT2D eigenvalue weighted by Crippen LogP contribution is 2.16. The van der Waals surface area contributed by atoms with Crippen LogP contribution in [0.3, 0.4) is 0 Å². The Balaban J connectivity index is 2.20. The smallest absolute Gasteiger partial charge is 0.261 e. The summed E-state index contributed by atoms with van der Waals surface area (Å²) in [5.74, 6) is 0.515. The Kier molecular flexibility index (Phi) is 4.39. The maximum atomic E-state index is 12.1. The molecule has 2 rings (SSSR count). The summed E-state index contributed by atoms with van der Waals surface area (Å²) in [5.41, 5.74) is 1.50. The summed E-state index contributed by atoms with van der Waals surface area (Å²) < 4.78 is 26.7. The lowest BCUT2D eigenvalue weighted by molar-refractivity contribution is 0.601. The molecule has 0 fully saturated rings. The summed E-state index contributed by atoms with van der Waals surface area (Å²) >= 11 is 5.64. The van der Waals surface area contributed by atoms with Crippen LogP contribution in [0.4, 0.5) is 5.69 Å². The molecule has 0 saturated heterocycles. The van der Waals surface area contributed by atoms with Crippen LogP contribution in [0.5, 0.6) is 0 Å². The number of anilines is 1. The molecule has 0 aliphatic carbocycles. The zero-order chi connectivity index (χ0) is 13.7. The molecule has 19 heavy (non-hydrogen) atoms. The van der Waals surface area contributed by atoms with Crippen LogP contribution >= 0.6 is 11.6 Å². The van der Waals surface area contributed by atoms with Gasteiger partial charge in [-0.1, -0.05) is 12.1 Å². The van der Waals surface area contributed by atoms with E-state index in [0.29, 0.717) is 11.6 Å². The lowest BCUT2D eigenvalue weighted by Gasteiger charge is -2.08. The number of sulfonamides is 1. The third-order valence-electron chi connectivity index (χ3n) is 2.55. The van der Waals surface area contributed by atoms with Gasteiger partial charge in [0.1, 0.15) is 0 Å². The number of hydrogen-bond acceptors (Lipinski definition) is 3. The Morgan fingerprint density at radius 1 is 1.05 bits per heavy atom. The molecule has 100 valence electrons. The highest BCUT2D eigenvalue weighted by Gasteiger charge is 2.13. The number of aryl methyl sites for hydroxylation is 1. The highest BCUT2D eigenvalue weighted by atomic mass is 35.5. The minimum atomic E-state index is -3.56. The normalized spacial score (nSPS) is 11.2. The third kappa shape index (κ3) is 3.68. The average Bonchev–Trinajstić information content (AvgIpc) is 2.40. The first-order chi connectivity index (χ1) is 9.12. The standard InChI is InChI=1S/C13H13ClN2O2S/c14-8-5-11-1-3-13(4-2-11)19(17,18)16-12-6-9-15-10-7-12/h1-4,6-7,9-10H,5,8H2,(H,15,16). The van der Waals surface area contributed by atoms with Gasteiger partial charge >= 0.3 is 0 Å². The first kappa shape index (κ1) is 13.8. The molecule has 0 radical (unpaired) electrons. The number of benzene rings is 1. The van der Waals surface area contributed by atoms with Gasteiger partial charge in [0.15, 0.2) is 0 Å². The molecule has 0 amide bonds. The SMILES string of the molecule is O=S(=O)(Nc1ccncc1)c1ccc(CCCl)cc1. The van der Waals surface area contributed by atoms with E-state index in [1.54, 1.807) is 36.4 Å². The van der Waals surface area contributed by atoms with Gasteiger partial charge in [0.05, 0.1) is 10.6 Å². The third-order valence-corrected chi connectivity index (χ3v) is 4.14. The molecule has 0 aliphatic heterocycles. The van der Waals surface area contributed by atoms with Gasteiger partial charge in [-0.2, -0.15) is 0 Å². The van der Waals surface area contributed by atoms with Gasteiger partial charge in [-0.25, -0.2) is 8.42 Å². The number of alkyl halides is 1. The Labute approximate surface area is 117 Å². The van der Waals surface area contributed by atoms with E-state index in [2.05, 4.69) is 9.71 Å². The Morgan fingerprint density at radius 2 is 1.68 bits per heavy atom. The topological polar surface area (TPSA) is 59.1 Å². The molecular weight excluding hydrogens is 284 g/mol. The molecule has 1 N–H and O–H groups in total. The van der Waals surface area contributed by atoms with Gasteiger partial charge in [0.25, 0.3) is 10.0 Å². The second kappa shape index (κ2) is 6.04.